The van der Waals surface area contributed by atoms with Crippen molar-refractivity contribution in [3.05, 3.63) is 58.3 Å². The number of nitrogens with one attached hydrogen (secondary N) is 1. The number of amides is 1. The van der Waals surface area contributed by atoms with Crippen LogP contribution in [0.5, 0.6) is 0 Å². The van der Waals surface area contributed by atoms with Crippen molar-refractivity contribution in [3.8, 4) is 11.4 Å². The predicted octanol–water partition coefficient (Wildman–Crippen LogP) is 5.54. The van der Waals surface area contributed by atoms with E-state index in [1.165, 1.54) is 17.8 Å². The molecule has 0 aliphatic rings. The molecule has 0 aliphatic carbocycles. The molecule has 0 unspecified atom stereocenters. The lowest BCUT2D eigenvalue weighted by Gasteiger charge is -2.13. The number of benzene rings is 2. The molecule has 0 bridgehead atoms. The van der Waals surface area contributed by atoms with Gasteiger partial charge in [0.25, 0.3) is 0 Å². The van der Waals surface area contributed by atoms with Crippen LogP contribution in [-0.2, 0) is 11.3 Å². The van der Waals surface area contributed by atoms with Gasteiger partial charge in [-0.15, -0.1) is 10.2 Å². The summed E-state index contributed by atoms with van der Waals surface area (Å²) in [7, 11) is 0. The van der Waals surface area contributed by atoms with E-state index < -0.39 is 0 Å². The number of carbonyl (C=O) groups excluding carboxylic acids is 1. The van der Waals surface area contributed by atoms with Gasteiger partial charge in [0.1, 0.15) is 5.82 Å². The monoisotopic (exact) mass is 476 g/mol. The first-order valence-electron chi connectivity index (χ1n) is 9.22. The highest BCUT2D eigenvalue weighted by atomic mass is 79.9. The number of aromatic nitrogens is 3. The van der Waals surface area contributed by atoms with Gasteiger partial charge < -0.3 is 9.88 Å². The Balaban J connectivity index is 1.76. The van der Waals surface area contributed by atoms with Gasteiger partial charge in [0, 0.05) is 16.7 Å². The highest BCUT2D eigenvalue weighted by Crippen LogP contribution is 2.27. The Bertz CT molecular complexity index is 1020. The Labute approximate surface area is 182 Å². The number of rotatable bonds is 7. The van der Waals surface area contributed by atoms with Gasteiger partial charge in [-0.05, 0) is 48.7 Å². The van der Waals surface area contributed by atoms with Crippen LogP contribution in [0, 0.1) is 18.7 Å². The van der Waals surface area contributed by atoms with E-state index in [1.54, 1.807) is 18.2 Å². The van der Waals surface area contributed by atoms with E-state index in [2.05, 4.69) is 45.3 Å². The topological polar surface area (TPSA) is 59.8 Å². The maximum Gasteiger partial charge on any atom is 0.234 e. The summed E-state index contributed by atoms with van der Waals surface area (Å²) in [5.74, 6) is 0.499. The molecule has 1 N–H and O–H groups in total. The molecule has 152 valence electrons. The maximum atomic E-state index is 14.3. The second-order valence-corrected chi connectivity index (χ2v) is 8.94. The predicted molar refractivity (Wildman–Crippen MR) is 118 cm³/mol. The van der Waals surface area contributed by atoms with Crippen LogP contribution in [0.25, 0.3) is 11.4 Å². The fourth-order valence-corrected chi connectivity index (χ4v) is 4.07. The van der Waals surface area contributed by atoms with Crippen LogP contribution < -0.4 is 5.32 Å². The van der Waals surface area contributed by atoms with Crippen molar-refractivity contribution in [1.29, 1.82) is 0 Å². The Morgan fingerprint density at radius 1 is 1.24 bits per heavy atom. The summed E-state index contributed by atoms with van der Waals surface area (Å²) in [6.45, 7) is 6.71. The number of halogens is 2. The number of thioether (sulfide) groups is 1. The van der Waals surface area contributed by atoms with Crippen molar-refractivity contribution in [2.45, 2.75) is 32.5 Å². The first kappa shape index (κ1) is 21.5. The van der Waals surface area contributed by atoms with Gasteiger partial charge in [0.2, 0.25) is 5.91 Å². The summed E-state index contributed by atoms with van der Waals surface area (Å²) in [5, 5.41) is 11.9. The van der Waals surface area contributed by atoms with Crippen molar-refractivity contribution < 1.29 is 9.18 Å². The fourth-order valence-electron chi connectivity index (χ4n) is 2.85. The number of carbonyl (C=O) groups is 1. The van der Waals surface area contributed by atoms with Crippen LogP contribution in [0.2, 0.25) is 0 Å². The zero-order chi connectivity index (χ0) is 21.0. The molecular weight excluding hydrogens is 455 g/mol. The third-order valence-electron chi connectivity index (χ3n) is 4.17. The average Bonchev–Trinajstić information content (AvgIpc) is 3.04. The molecule has 5 nitrogen and oxygen atoms in total. The summed E-state index contributed by atoms with van der Waals surface area (Å²) < 4.78 is 17.1. The molecule has 2 aromatic carbocycles. The average molecular weight is 477 g/mol. The zero-order valence-electron chi connectivity index (χ0n) is 16.4. The molecule has 29 heavy (non-hydrogen) atoms. The lowest BCUT2D eigenvalue weighted by Crippen LogP contribution is -2.16. The second kappa shape index (κ2) is 9.54. The molecule has 3 rings (SSSR count). The minimum atomic E-state index is -0.343. The molecule has 0 aliphatic heterocycles. The molecule has 1 aromatic heterocycles. The maximum absolute atomic E-state index is 14.3. The quantitative estimate of drug-likeness (QED) is 0.454. The van der Waals surface area contributed by atoms with E-state index in [0.29, 0.717) is 29.0 Å². The van der Waals surface area contributed by atoms with Crippen molar-refractivity contribution >= 4 is 39.3 Å². The second-order valence-electron chi connectivity index (χ2n) is 7.09. The molecule has 0 spiro atoms. The van der Waals surface area contributed by atoms with E-state index in [1.807, 2.05) is 29.7 Å². The van der Waals surface area contributed by atoms with Gasteiger partial charge in [0.15, 0.2) is 11.0 Å². The van der Waals surface area contributed by atoms with E-state index in [0.717, 1.165) is 15.7 Å². The lowest BCUT2D eigenvalue weighted by atomic mass is 10.2. The Morgan fingerprint density at radius 2 is 2.00 bits per heavy atom. The highest BCUT2D eigenvalue weighted by Gasteiger charge is 2.19. The first-order valence-corrected chi connectivity index (χ1v) is 11.0. The van der Waals surface area contributed by atoms with Crippen LogP contribution in [0.1, 0.15) is 19.4 Å². The number of hydrogen-bond acceptors (Lipinski definition) is 4. The molecule has 3 aromatic rings. The molecule has 1 heterocycles. The first-order chi connectivity index (χ1) is 13.8. The van der Waals surface area contributed by atoms with Crippen molar-refractivity contribution in [1.82, 2.24) is 14.8 Å². The lowest BCUT2D eigenvalue weighted by molar-refractivity contribution is -0.113. The third-order valence-corrected chi connectivity index (χ3v) is 5.63. The number of aryl methyl sites for hydroxylation is 1. The summed E-state index contributed by atoms with van der Waals surface area (Å²) in [5.41, 5.74) is 2.15. The molecule has 0 saturated heterocycles. The van der Waals surface area contributed by atoms with Crippen LogP contribution in [0.4, 0.5) is 10.1 Å². The summed E-state index contributed by atoms with van der Waals surface area (Å²) in [6.07, 6.45) is 0. The van der Waals surface area contributed by atoms with Crippen molar-refractivity contribution in [2.24, 2.45) is 5.92 Å². The Morgan fingerprint density at radius 3 is 2.69 bits per heavy atom. The summed E-state index contributed by atoms with van der Waals surface area (Å²) in [6, 6.07) is 12.2. The molecule has 0 saturated carbocycles. The van der Waals surface area contributed by atoms with Gasteiger partial charge in [0.05, 0.1) is 11.3 Å². The fraction of sp³-hybridized carbons (Fsp3) is 0.286. The van der Waals surface area contributed by atoms with Gasteiger partial charge >= 0.3 is 0 Å². The molecule has 0 atom stereocenters. The highest BCUT2D eigenvalue weighted by molar-refractivity contribution is 9.10. The van der Waals surface area contributed by atoms with Crippen molar-refractivity contribution in [3.63, 3.8) is 0 Å². The number of hydrogen-bond donors (Lipinski definition) is 1. The minimum Gasteiger partial charge on any atom is -0.325 e. The van der Waals surface area contributed by atoms with Crippen LogP contribution >= 0.6 is 27.7 Å². The normalized spacial score (nSPS) is 11.1. The van der Waals surface area contributed by atoms with Crippen LogP contribution in [-0.4, -0.2) is 26.4 Å². The minimum absolute atomic E-state index is 0.132. The van der Waals surface area contributed by atoms with Crippen LogP contribution in [0.15, 0.2) is 52.1 Å². The van der Waals surface area contributed by atoms with Crippen molar-refractivity contribution in [2.75, 3.05) is 11.1 Å². The Kier molecular flexibility index (Phi) is 7.08. The molecule has 1 amide bonds. The standard InChI is InChI=1S/C21H22BrFN4OS/c1-13(2)11-27-20(16-6-4-5-7-17(16)23)25-26-21(27)29-12-19(28)24-18-9-8-15(22)10-14(18)3/h4-10,13H,11-12H2,1-3H3,(H,24,28). The van der Waals surface area contributed by atoms with E-state index >= 15 is 0 Å². The molecule has 0 radical (unpaired) electrons. The SMILES string of the molecule is Cc1cc(Br)ccc1NC(=O)CSc1nnc(-c2ccccc2F)n1CC(C)C. The van der Waals surface area contributed by atoms with Gasteiger partial charge in [-0.2, -0.15) is 0 Å². The van der Waals surface area contributed by atoms with Crippen LogP contribution in [0.3, 0.4) is 0 Å². The van der Waals surface area contributed by atoms with E-state index in [9.17, 15) is 9.18 Å². The van der Waals surface area contributed by atoms with E-state index in [4.69, 9.17) is 0 Å². The number of nitrogens with zero attached hydrogens (tertiary/aromatic N) is 3. The summed E-state index contributed by atoms with van der Waals surface area (Å²) in [4.78, 5) is 12.4. The Hall–Kier alpha value is -2.19. The van der Waals surface area contributed by atoms with Gasteiger partial charge in [-0.25, -0.2) is 4.39 Å². The largest absolute Gasteiger partial charge is 0.325 e. The smallest absolute Gasteiger partial charge is 0.234 e. The zero-order valence-corrected chi connectivity index (χ0v) is 18.8. The van der Waals surface area contributed by atoms with Gasteiger partial charge in [-0.1, -0.05) is 53.7 Å². The summed E-state index contributed by atoms with van der Waals surface area (Å²) >= 11 is 4.71. The third kappa shape index (κ3) is 5.45. The molecule has 8 heteroatoms. The van der Waals surface area contributed by atoms with Gasteiger partial charge in [-0.3, -0.25) is 4.79 Å². The molecule has 0 fully saturated rings. The van der Waals surface area contributed by atoms with E-state index in [-0.39, 0.29) is 17.5 Å². The molecular formula is C21H22BrFN4OS. The number of anilines is 1.